The number of para-hydroxylation sites is 2. The summed E-state index contributed by atoms with van der Waals surface area (Å²) in [7, 11) is 0. The van der Waals surface area contributed by atoms with E-state index < -0.39 is 6.10 Å². The average molecular weight is 300 g/mol. The maximum Gasteiger partial charge on any atom is 0.269 e. The molecular formula is C16H16N2O4. The molecule has 114 valence electrons. The van der Waals surface area contributed by atoms with Crippen LogP contribution in [0.25, 0.3) is 0 Å². The van der Waals surface area contributed by atoms with Gasteiger partial charge in [0.05, 0.1) is 6.61 Å². The molecule has 1 N–H and O–H groups in total. The summed E-state index contributed by atoms with van der Waals surface area (Å²) in [5.41, 5.74) is 0.511. The first-order chi connectivity index (χ1) is 10.8. The number of nitrogens with one attached hydrogen (secondary N) is 1. The number of benzene rings is 1. The third-order valence-electron chi connectivity index (χ3n) is 3.11. The van der Waals surface area contributed by atoms with Gasteiger partial charge in [0.2, 0.25) is 12.0 Å². The van der Waals surface area contributed by atoms with E-state index >= 15 is 0 Å². The Morgan fingerprint density at radius 3 is 2.95 bits per heavy atom. The minimum absolute atomic E-state index is 0.160. The predicted molar refractivity (Wildman–Crippen MR) is 80.4 cm³/mol. The Bertz CT molecular complexity index is 675. The molecule has 0 saturated heterocycles. The molecule has 1 atom stereocenters. The second-order valence-electron chi connectivity index (χ2n) is 4.64. The summed E-state index contributed by atoms with van der Waals surface area (Å²) < 4.78 is 16.6. The van der Waals surface area contributed by atoms with E-state index in [0.717, 1.165) is 0 Å². The first-order valence-electron chi connectivity index (χ1n) is 7.05. The highest BCUT2D eigenvalue weighted by molar-refractivity contribution is 5.95. The van der Waals surface area contributed by atoms with Crippen molar-refractivity contribution in [2.45, 2.75) is 13.0 Å². The molecule has 0 unspecified atom stereocenters. The molecule has 0 radical (unpaired) electrons. The molecule has 2 aromatic rings. The Morgan fingerprint density at radius 2 is 2.14 bits per heavy atom. The van der Waals surface area contributed by atoms with Gasteiger partial charge in [0.1, 0.15) is 12.3 Å². The smallest absolute Gasteiger partial charge is 0.269 e. The topological polar surface area (TPSA) is 69.7 Å². The fourth-order valence-electron chi connectivity index (χ4n) is 2.10. The highest BCUT2D eigenvalue weighted by Crippen LogP contribution is 2.31. The lowest BCUT2D eigenvalue weighted by atomic mass is 10.2. The molecule has 6 heteroatoms. The number of anilines is 1. The van der Waals surface area contributed by atoms with Crippen molar-refractivity contribution in [2.75, 3.05) is 18.5 Å². The van der Waals surface area contributed by atoms with Gasteiger partial charge in [-0.2, -0.15) is 0 Å². The molecule has 1 amide bonds. The van der Waals surface area contributed by atoms with E-state index in [9.17, 15) is 4.79 Å². The second-order valence-corrected chi connectivity index (χ2v) is 4.64. The van der Waals surface area contributed by atoms with Gasteiger partial charge in [-0.05, 0) is 31.2 Å². The number of pyridine rings is 1. The fraction of sp³-hybridized carbons (Fsp3) is 0.250. The van der Waals surface area contributed by atoms with Crippen LogP contribution in [-0.4, -0.2) is 30.2 Å². The molecule has 0 spiro atoms. The van der Waals surface area contributed by atoms with Gasteiger partial charge >= 0.3 is 0 Å². The zero-order valence-corrected chi connectivity index (χ0v) is 12.1. The van der Waals surface area contributed by atoms with Crippen molar-refractivity contribution in [3.8, 4) is 17.4 Å². The number of carbonyl (C=O) groups is 1. The number of hydrogen-bond acceptors (Lipinski definition) is 5. The molecule has 0 bridgehead atoms. The number of hydrogen-bond donors (Lipinski definition) is 1. The molecule has 1 aromatic carbocycles. The SMILES string of the molecule is CCOc1ncccc1NC(=O)[C@@H]1COc2ccccc2O1. The van der Waals surface area contributed by atoms with E-state index in [4.69, 9.17) is 14.2 Å². The number of nitrogens with zero attached hydrogens (tertiary/aromatic N) is 1. The van der Waals surface area contributed by atoms with Gasteiger partial charge in [0, 0.05) is 6.20 Å². The van der Waals surface area contributed by atoms with Gasteiger partial charge in [0.25, 0.3) is 5.91 Å². The van der Waals surface area contributed by atoms with Crippen LogP contribution in [0.15, 0.2) is 42.6 Å². The Hall–Kier alpha value is -2.76. The molecule has 2 heterocycles. The lowest BCUT2D eigenvalue weighted by Crippen LogP contribution is -2.40. The number of ether oxygens (including phenoxy) is 3. The van der Waals surface area contributed by atoms with E-state index in [-0.39, 0.29) is 12.5 Å². The quantitative estimate of drug-likeness (QED) is 0.938. The van der Waals surface area contributed by atoms with Crippen molar-refractivity contribution in [3.05, 3.63) is 42.6 Å². The van der Waals surface area contributed by atoms with E-state index in [0.29, 0.717) is 29.7 Å². The lowest BCUT2D eigenvalue weighted by Gasteiger charge is -2.25. The van der Waals surface area contributed by atoms with Crippen molar-refractivity contribution in [1.82, 2.24) is 4.98 Å². The summed E-state index contributed by atoms with van der Waals surface area (Å²) in [6.07, 6.45) is 0.890. The molecule has 6 nitrogen and oxygen atoms in total. The molecule has 0 saturated carbocycles. The summed E-state index contributed by atoms with van der Waals surface area (Å²) >= 11 is 0. The van der Waals surface area contributed by atoms with Crippen molar-refractivity contribution < 1.29 is 19.0 Å². The highest BCUT2D eigenvalue weighted by atomic mass is 16.6. The fourth-order valence-corrected chi connectivity index (χ4v) is 2.10. The normalized spacial score (nSPS) is 16.0. The molecule has 0 aliphatic carbocycles. The second kappa shape index (κ2) is 6.34. The van der Waals surface area contributed by atoms with Crippen LogP contribution in [0.4, 0.5) is 5.69 Å². The van der Waals surface area contributed by atoms with Gasteiger partial charge < -0.3 is 19.5 Å². The molecule has 1 aliphatic rings. The zero-order chi connectivity index (χ0) is 15.4. The Kier molecular flexibility index (Phi) is 4.09. The minimum atomic E-state index is -0.718. The molecule has 1 aromatic heterocycles. The third-order valence-corrected chi connectivity index (χ3v) is 3.11. The van der Waals surface area contributed by atoms with Crippen LogP contribution >= 0.6 is 0 Å². The maximum atomic E-state index is 12.3. The number of aromatic nitrogens is 1. The maximum absolute atomic E-state index is 12.3. The van der Waals surface area contributed by atoms with Crippen LogP contribution < -0.4 is 19.5 Å². The first kappa shape index (κ1) is 14.2. The Morgan fingerprint density at radius 1 is 1.32 bits per heavy atom. The van der Waals surface area contributed by atoms with Crippen molar-refractivity contribution in [1.29, 1.82) is 0 Å². The van der Waals surface area contributed by atoms with Crippen LogP contribution in [0.5, 0.6) is 17.4 Å². The van der Waals surface area contributed by atoms with Crippen molar-refractivity contribution in [2.24, 2.45) is 0 Å². The van der Waals surface area contributed by atoms with E-state index in [1.165, 1.54) is 0 Å². The Labute approximate surface area is 128 Å². The largest absolute Gasteiger partial charge is 0.485 e. The standard InChI is InChI=1S/C16H16N2O4/c1-2-20-16-11(6-5-9-17-16)18-15(19)14-10-21-12-7-3-4-8-13(12)22-14/h3-9,14H,2,10H2,1H3,(H,18,19)/t14-/m0/s1. The predicted octanol–water partition coefficient (Wildman–Crippen LogP) is 2.26. The van der Waals surface area contributed by atoms with Gasteiger partial charge in [-0.25, -0.2) is 4.98 Å². The van der Waals surface area contributed by atoms with E-state index in [1.807, 2.05) is 19.1 Å². The van der Waals surface area contributed by atoms with Gasteiger partial charge in [0.15, 0.2) is 11.5 Å². The molecule has 22 heavy (non-hydrogen) atoms. The Balaban J connectivity index is 1.71. The van der Waals surface area contributed by atoms with Gasteiger partial charge in [-0.3, -0.25) is 4.79 Å². The van der Waals surface area contributed by atoms with Crippen molar-refractivity contribution >= 4 is 11.6 Å². The monoisotopic (exact) mass is 300 g/mol. The summed E-state index contributed by atoms with van der Waals surface area (Å²) in [6.45, 7) is 2.48. The first-order valence-corrected chi connectivity index (χ1v) is 7.05. The summed E-state index contributed by atoms with van der Waals surface area (Å²) in [5.74, 6) is 1.28. The van der Waals surface area contributed by atoms with Crippen LogP contribution in [0.3, 0.4) is 0 Å². The molecular weight excluding hydrogens is 284 g/mol. The molecule has 1 aliphatic heterocycles. The van der Waals surface area contributed by atoms with E-state index in [1.54, 1.807) is 30.5 Å². The number of amides is 1. The minimum Gasteiger partial charge on any atom is -0.485 e. The van der Waals surface area contributed by atoms with Crippen LogP contribution in [0.2, 0.25) is 0 Å². The summed E-state index contributed by atoms with van der Waals surface area (Å²) in [4.78, 5) is 16.4. The number of rotatable bonds is 4. The van der Waals surface area contributed by atoms with E-state index in [2.05, 4.69) is 10.3 Å². The van der Waals surface area contributed by atoms with Crippen molar-refractivity contribution in [3.63, 3.8) is 0 Å². The third kappa shape index (κ3) is 2.95. The highest BCUT2D eigenvalue weighted by Gasteiger charge is 2.27. The van der Waals surface area contributed by atoms with Gasteiger partial charge in [-0.1, -0.05) is 12.1 Å². The summed E-state index contributed by atoms with van der Waals surface area (Å²) in [5, 5.41) is 2.76. The molecule has 3 rings (SSSR count). The van der Waals surface area contributed by atoms with Crippen LogP contribution in [0.1, 0.15) is 6.92 Å². The van der Waals surface area contributed by atoms with Gasteiger partial charge in [-0.15, -0.1) is 0 Å². The average Bonchev–Trinajstić information content (AvgIpc) is 2.56. The number of carbonyl (C=O) groups excluding carboxylic acids is 1. The lowest BCUT2D eigenvalue weighted by molar-refractivity contribution is -0.125. The van der Waals surface area contributed by atoms with Crippen LogP contribution in [-0.2, 0) is 4.79 Å². The number of fused-ring (bicyclic) bond motifs is 1. The molecule has 0 fully saturated rings. The zero-order valence-electron chi connectivity index (χ0n) is 12.1. The van der Waals surface area contributed by atoms with Crippen LogP contribution in [0, 0.1) is 0 Å². The summed E-state index contributed by atoms with van der Waals surface area (Å²) in [6, 6.07) is 10.7.